The number of hydrogen-bond donors (Lipinski definition) is 0. The van der Waals surface area contributed by atoms with Crippen LogP contribution < -0.4 is 4.90 Å². The second-order valence-corrected chi connectivity index (χ2v) is 8.29. The van der Waals surface area contributed by atoms with E-state index in [2.05, 4.69) is 23.1 Å². The highest BCUT2D eigenvalue weighted by atomic mass is 32.2. The maximum atomic E-state index is 12.9. The molecule has 1 amide bonds. The molecule has 136 valence electrons. The fourth-order valence-electron chi connectivity index (χ4n) is 3.49. The Hall–Kier alpha value is -2.36. The molecule has 0 radical (unpaired) electrons. The van der Waals surface area contributed by atoms with E-state index in [1.54, 1.807) is 28.4 Å². The lowest BCUT2D eigenvalue weighted by Gasteiger charge is -2.42. The molecule has 2 heterocycles. The highest BCUT2D eigenvalue weighted by Crippen LogP contribution is 2.43. The monoisotopic (exact) mass is 393 g/mol. The molecule has 0 saturated carbocycles. The number of amides is 1. The zero-order valence-corrected chi connectivity index (χ0v) is 16.6. The minimum absolute atomic E-state index is 0.0797. The van der Waals surface area contributed by atoms with Gasteiger partial charge in [-0.05, 0) is 36.1 Å². The fourth-order valence-corrected chi connectivity index (χ4v) is 5.06. The Labute approximate surface area is 167 Å². The van der Waals surface area contributed by atoms with Gasteiger partial charge in [0.2, 0.25) is 5.91 Å². The summed E-state index contributed by atoms with van der Waals surface area (Å²) in [7, 11) is 0. The molecule has 27 heavy (non-hydrogen) atoms. The summed E-state index contributed by atoms with van der Waals surface area (Å²) >= 11 is 3.26. The summed E-state index contributed by atoms with van der Waals surface area (Å²) in [4.78, 5) is 18.0. The molecule has 4 rings (SSSR count). The van der Waals surface area contributed by atoms with E-state index in [0.29, 0.717) is 18.7 Å². The molecular weight excluding hydrogens is 374 g/mol. The summed E-state index contributed by atoms with van der Waals surface area (Å²) in [6.07, 6.45) is 2.38. The first-order valence-corrected chi connectivity index (χ1v) is 10.9. The second-order valence-electron chi connectivity index (χ2n) is 6.47. The van der Waals surface area contributed by atoms with Crippen molar-refractivity contribution in [2.45, 2.75) is 17.2 Å². The standard InChI is InChI=1S/C21H19N3OS2/c1-26-17-9-7-15(8-10-17)18-11-20(25)24-13-23(16-5-3-2-4-6-16)14-27-21(24)19(18)12-22/h2-10,18H,11,13-14H2,1H3/t18-/m0/s1. The van der Waals surface area contributed by atoms with Gasteiger partial charge in [0, 0.05) is 22.9 Å². The predicted molar refractivity (Wildman–Crippen MR) is 111 cm³/mol. The lowest BCUT2D eigenvalue weighted by atomic mass is 9.86. The zero-order valence-electron chi connectivity index (χ0n) is 15.0. The van der Waals surface area contributed by atoms with Crippen LogP contribution in [0.15, 0.2) is 70.1 Å². The van der Waals surface area contributed by atoms with E-state index in [1.165, 1.54) is 4.90 Å². The smallest absolute Gasteiger partial charge is 0.229 e. The van der Waals surface area contributed by atoms with Crippen molar-refractivity contribution in [3.05, 3.63) is 70.8 Å². The van der Waals surface area contributed by atoms with Crippen molar-refractivity contribution >= 4 is 35.1 Å². The Bertz CT molecular complexity index is 919. The third-order valence-corrected chi connectivity index (χ3v) is 6.83. The van der Waals surface area contributed by atoms with Gasteiger partial charge in [0.1, 0.15) is 0 Å². The molecule has 1 fully saturated rings. The topological polar surface area (TPSA) is 47.3 Å². The van der Waals surface area contributed by atoms with Crippen LogP contribution >= 0.6 is 23.5 Å². The summed E-state index contributed by atoms with van der Waals surface area (Å²) in [5, 5.41) is 10.7. The van der Waals surface area contributed by atoms with Crippen molar-refractivity contribution in [2.24, 2.45) is 0 Å². The van der Waals surface area contributed by atoms with Gasteiger partial charge >= 0.3 is 0 Å². The van der Waals surface area contributed by atoms with Crippen molar-refractivity contribution in [2.75, 3.05) is 23.7 Å². The molecule has 0 spiro atoms. The summed E-state index contributed by atoms with van der Waals surface area (Å²) in [6.45, 7) is 0.495. The van der Waals surface area contributed by atoms with Crippen molar-refractivity contribution < 1.29 is 4.79 Å². The molecule has 2 aliphatic rings. The molecule has 1 saturated heterocycles. The summed E-state index contributed by atoms with van der Waals surface area (Å²) in [5.41, 5.74) is 2.84. The maximum absolute atomic E-state index is 12.9. The molecular formula is C21H19N3OS2. The Morgan fingerprint density at radius 1 is 1.15 bits per heavy atom. The van der Waals surface area contributed by atoms with E-state index in [1.807, 2.05) is 48.7 Å². The number of para-hydroxylation sites is 1. The van der Waals surface area contributed by atoms with Crippen LogP contribution in [0.1, 0.15) is 17.9 Å². The molecule has 2 aromatic rings. The molecule has 2 aliphatic heterocycles. The van der Waals surface area contributed by atoms with Crippen LogP contribution in [0.5, 0.6) is 0 Å². The fraction of sp³-hybridized carbons (Fsp3) is 0.238. The van der Waals surface area contributed by atoms with Crippen LogP contribution in [-0.2, 0) is 4.79 Å². The molecule has 4 nitrogen and oxygen atoms in total. The van der Waals surface area contributed by atoms with Gasteiger partial charge in [0.25, 0.3) is 0 Å². The van der Waals surface area contributed by atoms with Gasteiger partial charge in [-0.25, -0.2) is 0 Å². The van der Waals surface area contributed by atoms with Crippen molar-refractivity contribution in [3.63, 3.8) is 0 Å². The molecule has 0 bridgehead atoms. The SMILES string of the molecule is CSc1ccc([C@@H]2CC(=O)N3CN(c4ccccc4)CSC3=C2C#N)cc1. The number of allylic oxidation sites excluding steroid dienone is 1. The number of nitriles is 1. The molecule has 1 atom stereocenters. The van der Waals surface area contributed by atoms with E-state index in [4.69, 9.17) is 0 Å². The first-order valence-electron chi connectivity index (χ1n) is 8.72. The maximum Gasteiger partial charge on any atom is 0.229 e. The van der Waals surface area contributed by atoms with Crippen molar-refractivity contribution in [3.8, 4) is 6.07 Å². The number of hydrogen-bond acceptors (Lipinski definition) is 5. The van der Waals surface area contributed by atoms with Gasteiger partial charge in [0.15, 0.2) is 0 Å². The average molecular weight is 394 g/mol. The van der Waals surface area contributed by atoms with E-state index in [9.17, 15) is 10.1 Å². The molecule has 0 N–H and O–H groups in total. The number of nitrogens with zero attached hydrogens (tertiary/aromatic N) is 3. The summed E-state index contributed by atoms with van der Waals surface area (Å²) < 4.78 is 0. The van der Waals surface area contributed by atoms with Gasteiger partial charge in [-0.3, -0.25) is 9.69 Å². The number of thioether (sulfide) groups is 2. The van der Waals surface area contributed by atoms with Gasteiger partial charge in [-0.2, -0.15) is 5.26 Å². The number of fused-ring (bicyclic) bond motifs is 1. The minimum atomic E-state index is -0.152. The van der Waals surface area contributed by atoms with Crippen molar-refractivity contribution in [1.82, 2.24) is 4.90 Å². The van der Waals surface area contributed by atoms with E-state index in [-0.39, 0.29) is 11.8 Å². The highest BCUT2D eigenvalue weighted by Gasteiger charge is 2.38. The number of carbonyl (C=O) groups is 1. The zero-order chi connectivity index (χ0) is 18.8. The second kappa shape index (κ2) is 7.71. The van der Waals surface area contributed by atoms with Crippen LogP contribution in [0, 0.1) is 11.3 Å². The summed E-state index contributed by atoms with van der Waals surface area (Å²) in [6, 6.07) is 20.7. The third-order valence-electron chi connectivity index (χ3n) is 4.93. The molecule has 0 aromatic heterocycles. The quantitative estimate of drug-likeness (QED) is 0.712. The number of anilines is 1. The van der Waals surface area contributed by atoms with E-state index < -0.39 is 0 Å². The lowest BCUT2D eigenvalue weighted by molar-refractivity contribution is -0.129. The van der Waals surface area contributed by atoms with Crippen LogP contribution in [0.4, 0.5) is 5.69 Å². The number of carbonyl (C=O) groups excluding carboxylic acids is 1. The molecule has 6 heteroatoms. The largest absolute Gasteiger partial charge is 0.344 e. The van der Waals surface area contributed by atoms with Gasteiger partial charge in [-0.15, -0.1) is 11.8 Å². The Morgan fingerprint density at radius 3 is 2.56 bits per heavy atom. The van der Waals surface area contributed by atoms with E-state index in [0.717, 1.165) is 22.2 Å². The van der Waals surface area contributed by atoms with Gasteiger partial charge in [0.05, 0.1) is 29.2 Å². The lowest BCUT2D eigenvalue weighted by Crippen LogP contribution is -2.47. The van der Waals surface area contributed by atoms with Crippen molar-refractivity contribution in [1.29, 1.82) is 5.26 Å². The summed E-state index contributed by atoms with van der Waals surface area (Å²) in [5.74, 6) is 0.656. The van der Waals surface area contributed by atoms with Gasteiger partial charge < -0.3 is 4.90 Å². The van der Waals surface area contributed by atoms with Gasteiger partial charge in [-0.1, -0.05) is 42.1 Å². The molecule has 2 aromatic carbocycles. The Balaban J connectivity index is 1.65. The first kappa shape index (κ1) is 18.0. The molecule has 0 aliphatic carbocycles. The Kier molecular flexibility index (Phi) is 5.15. The third kappa shape index (κ3) is 3.45. The predicted octanol–water partition coefficient (Wildman–Crippen LogP) is 4.63. The van der Waals surface area contributed by atoms with E-state index >= 15 is 0 Å². The Morgan fingerprint density at radius 2 is 1.89 bits per heavy atom. The number of rotatable bonds is 3. The average Bonchev–Trinajstić information content (AvgIpc) is 2.74. The van der Waals surface area contributed by atoms with Crippen LogP contribution in [0.3, 0.4) is 0 Å². The van der Waals surface area contributed by atoms with Crippen LogP contribution in [0.25, 0.3) is 0 Å². The first-order chi connectivity index (χ1) is 13.2. The van der Waals surface area contributed by atoms with Crippen LogP contribution in [0.2, 0.25) is 0 Å². The normalized spacial score (nSPS) is 19.7. The highest BCUT2D eigenvalue weighted by molar-refractivity contribution is 8.03. The number of benzene rings is 2. The minimum Gasteiger partial charge on any atom is -0.344 e. The van der Waals surface area contributed by atoms with Crippen LogP contribution in [-0.4, -0.2) is 29.6 Å². The molecule has 0 unspecified atom stereocenters.